The maximum absolute atomic E-state index is 12.3. The molecule has 150 heavy (non-hydrogen) atoms. The van der Waals surface area contributed by atoms with Crippen molar-refractivity contribution >= 4 is 83.6 Å². The number of rotatable bonds is 21. The van der Waals surface area contributed by atoms with Gasteiger partial charge in [-0.1, -0.05) is 159 Å². The first-order valence-electron chi connectivity index (χ1n) is 47.1. The fraction of sp³-hybridized carbons (Fsp3) is 0.852. The Hall–Kier alpha value is -8.40. The Balaban J connectivity index is -0.000000821. The normalized spacial score (nSPS) is 32.0. The third-order valence-electron chi connectivity index (χ3n) is 28.0. The first-order valence-corrected chi connectivity index (χ1v) is 47.1. The van der Waals surface area contributed by atoms with Crippen LogP contribution in [-0.4, -0.2) is 290 Å². The average Bonchev–Trinajstić information content (AvgIpc) is 1.54. The number of hydrogen-bond donors (Lipinski definition) is 2. The Bertz CT molecular complexity index is 4300. The summed E-state index contributed by atoms with van der Waals surface area (Å²) in [6, 6.07) is 0. The fourth-order valence-electron chi connectivity index (χ4n) is 15.9. The molecule has 16 aliphatic heterocycles. The van der Waals surface area contributed by atoms with Crippen molar-refractivity contribution in [2.75, 3.05) is 13.2 Å². The van der Waals surface area contributed by atoms with E-state index < -0.39 is 274 Å². The predicted molar refractivity (Wildman–Crippen MR) is 550 cm³/mol. The highest BCUT2D eigenvalue weighted by Crippen LogP contribution is 2.51. The summed E-state index contributed by atoms with van der Waals surface area (Å²) in [7, 11) is 0. The fourth-order valence-corrected chi connectivity index (χ4v) is 15.9. The minimum Gasteiger partial charge on any atom is -0.489 e. The van der Waals surface area contributed by atoms with Crippen LogP contribution in [0.1, 0.15) is 367 Å². The number of aliphatic hydroxyl groups excluding tert-OH is 2. The summed E-state index contributed by atoms with van der Waals surface area (Å²) in [5, 5.41) is 18.9. The Kier molecular flexibility index (Phi) is 56.5. The number of fused-ring (bicyclic) bond motifs is 12. The van der Waals surface area contributed by atoms with E-state index in [4.69, 9.17) is 123 Å². The van der Waals surface area contributed by atoms with Crippen LogP contribution in [0, 0.1) is 37.9 Å². The molecule has 2 N–H and O–H groups in total. The number of ether oxygens (including phenoxy) is 26. The molecule has 17 rings (SSSR count). The van der Waals surface area contributed by atoms with Gasteiger partial charge in [0.05, 0.1) is 57.2 Å². The van der Waals surface area contributed by atoms with Crippen molar-refractivity contribution in [2.24, 2.45) is 37.9 Å². The van der Waals surface area contributed by atoms with Gasteiger partial charge in [-0.05, 0) is 188 Å². The van der Waals surface area contributed by atoms with Crippen LogP contribution in [0.25, 0.3) is 0 Å². The minimum absolute atomic E-state index is 0. The van der Waals surface area contributed by atoms with Crippen molar-refractivity contribution in [1.29, 1.82) is 0 Å². The number of cyclic esters (lactones) is 1. The predicted octanol–water partition coefficient (Wildman–Crippen LogP) is 16.1. The van der Waals surface area contributed by atoms with Crippen LogP contribution < -0.4 is 0 Å². The molecule has 27 atom stereocenters. The van der Waals surface area contributed by atoms with Crippen LogP contribution >= 0.6 is 0 Å². The number of carbonyl (C=O) groups excluding carboxylic acids is 14. The van der Waals surface area contributed by atoms with Gasteiger partial charge in [0.25, 0.3) is 0 Å². The van der Waals surface area contributed by atoms with Crippen molar-refractivity contribution < 1.29 is 200 Å². The summed E-state index contributed by atoms with van der Waals surface area (Å²) in [5.74, 6) is -8.92. The minimum atomic E-state index is -1.44. The summed E-state index contributed by atoms with van der Waals surface area (Å²) in [4.78, 5) is 166. The average molecular weight is 2160 g/mol. The SMILES string of the molecule is C.C.C.C.C.C.C.C.C.C.C.C.C.C.CCC(C)(C)C(=O)OC1C(=O)OC2C(O)C(O)OC12.CCC(C)(C)C(=O)OC1C(=O)OC2C3OC(C)(C)OC3OC12.CCC(C)(C)C(=O)OC1C(=O)OC2C3OC(C)(C)OC3OC12.CCC(C)(C)C(=O)OC1C(=O)OC2C3OC4(CCCCC4)OC3OC12.CCC(C)(C)C(=O)OC1C(=O)OC2C=COC21.CCC(C)(C)C(=O)OC1C(=O)OC2CCOC21.CCC(C)(C)C(=O)OC1COC(=O)C1. The van der Waals surface area contributed by atoms with Gasteiger partial charge in [-0.2, -0.15) is 0 Å². The number of hydrogen-bond acceptors (Lipinski definition) is 42. The largest absolute Gasteiger partial charge is 0.489 e. The monoisotopic (exact) mass is 2160 g/mol. The molecule has 0 aromatic rings. The molecule has 15 saturated heterocycles. The maximum atomic E-state index is 12.3. The number of esters is 14. The molecule has 0 radical (unpaired) electrons. The van der Waals surface area contributed by atoms with Crippen LogP contribution in [0.4, 0.5) is 0 Å². The topological polar surface area (TPSA) is 519 Å². The van der Waals surface area contributed by atoms with E-state index in [-0.39, 0.29) is 147 Å². The molecule has 17 aliphatic rings. The van der Waals surface area contributed by atoms with Crippen LogP contribution in [-0.2, 0) is 190 Å². The molecular weight excluding hydrogens is 1970 g/mol. The highest BCUT2D eigenvalue weighted by Gasteiger charge is 2.69. The first kappa shape index (κ1) is 148. The van der Waals surface area contributed by atoms with E-state index >= 15 is 0 Å². The second-order valence-electron chi connectivity index (χ2n) is 41.8. The molecule has 0 aromatic carbocycles. The summed E-state index contributed by atoms with van der Waals surface area (Å²) < 4.78 is 140. The van der Waals surface area contributed by atoms with E-state index in [1.807, 2.05) is 62.3 Å². The van der Waals surface area contributed by atoms with Gasteiger partial charge in [0, 0.05) is 19.3 Å². The second kappa shape index (κ2) is 57.3. The standard InChI is InChI=1S/C18H26O7.2C15H22O7.C12H18O7.C12H18O5.C12H16O5.C10H16O4.14CH4/c1-4-17(2,3)16(20)23-12-10-11(21-14(12)19)13-15(22-10)25-18(24-13)8-6-5-7-9-18;2*1-6-14(2,3)13(17)20-9-7-8(18-11(9)16)10-12(19-7)22-15(4,5)21-10;1-4-12(2,3)11(16)19-8-7-6(17-10(8)15)5(13)9(14)18-7;2*1-4-12(2,3)11(14)17-9-8-7(5-6-15-8)16-10(9)13;1-4-10(2,3)9(12)14-7-5-8(11)13-6-7;;;;;;;;;;;;;;/h10-13,15H,4-9H2,1-3H3;2*7-10,12H,6H2,1-5H3;5-9,13-14H,4H2,1-3H3;7-9H,4-6H2,1-3H3;5-9H,4H2,1-3H3;7H,4-6H2,1-3H3;14*1H4. The third kappa shape index (κ3) is 32.4. The molecular formula is C108H194O42. The summed E-state index contributed by atoms with van der Waals surface area (Å²) in [6.07, 6.45) is -6.75. The lowest BCUT2D eigenvalue weighted by atomic mass is 9.90. The van der Waals surface area contributed by atoms with E-state index in [9.17, 15) is 77.3 Å². The Morgan fingerprint density at radius 2 is 0.620 bits per heavy atom. The number of carbonyl (C=O) groups is 14. The van der Waals surface area contributed by atoms with Gasteiger partial charge >= 0.3 is 83.6 Å². The van der Waals surface area contributed by atoms with E-state index in [0.717, 1.165) is 25.7 Å². The van der Waals surface area contributed by atoms with Gasteiger partial charge in [-0.25, -0.2) is 28.8 Å². The Morgan fingerprint density at radius 1 is 0.333 bits per heavy atom. The lowest BCUT2D eigenvalue weighted by Gasteiger charge is -2.33. The first-order chi connectivity index (χ1) is 63.3. The van der Waals surface area contributed by atoms with Gasteiger partial charge in [-0.3, -0.25) is 38.4 Å². The number of aliphatic hydroxyl groups is 2. The molecule has 1 aliphatic carbocycles. The molecule has 1 spiro atoms. The lowest BCUT2D eigenvalue weighted by molar-refractivity contribution is -0.246. The molecule has 878 valence electrons. The molecule has 1 saturated carbocycles. The molecule has 16 heterocycles. The van der Waals surface area contributed by atoms with Crippen molar-refractivity contribution in [3.8, 4) is 0 Å². The van der Waals surface area contributed by atoms with Crippen molar-refractivity contribution in [2.45, 2.75) is 550 Å². The van der Waals surface area contributed by atoms with E-state index in [1.54, 1.807) is 117 Å². The van der Waals surface area contributed by atoms with Gasteiger partial charge < -0.3 is 133 Å². The van der Waals surface area contributed by atoms with Crippen LogP contribution in [0.5, 0.6) is 0 Å². The van der Waals surface area contributed by atoms with Crippen molar-refractivity contribution in [3.63, 3.8) is 0 Å². The zero-order valence-electron chi connectivity index (χ0n) is 82.3. The summed E-state index contributed by atoms with van der Waals surface area (Å²) in [6.45, 7) is 45.9. The second-order valence-corrected chi connectivity index (χ2v) is 41.8. The van der Waals surface area contributed by atoms with Crippen molar-refractivity contribution in [1.82, 2.24) is 0 Å². The van der Waals surface area contributed by atoms with Gasteiger partial charge in [0.15, 0.2) is 97.5 Å². The van der Waals surface area contributed by atoms with Crippen LogP contribution in [0.3, 0.4) is 0 Å². The summed E-state index contributed by atoms with van der Waals surface area (Å²) >= 11 is 0. The highest BCUT2D eigenvalue weighted by atomic mass is 16.9. The molecule has 0 aromatic heterocycles. The molecule has 27 unspecified atom stereocenters. The molecule has 42 nitrogen and oxygen atoms in total. The molecule has 0 bridgehead atoms. The highest BCUT2D eigenvalue weighted by molar-refractivity contribution is 5.88. The Morgan fingerprint density at radius 3 is 0.947 bits per heavy atom. The van der Waals surface area contributed by atoms with Crippen molar-refractivity contribution in [3.05, 3.63) is 12.3 Å². The van der Waals surface area contributed by atoms with Gasteiger partial charge in [0.1, 0.15) is 55.4 Å². The summed E-state index contributed by atoms with van der Waals surface area (Å²) in [5.41, 5.74) is -4.39. The van der Waals surface area contributed by atoms with E-state index in [1.165, 1.54) is 12.7 Å². The molecule has 0 amide bonds. The van der Waals surface area contributed by atoms with Crippen LogP contribution in [0.15, 0.2) is 12.3 Å². The quantitative estimate of drug-likeness (QED) is 0.0796. The van der Waals surface area contributed by atoms with E-state index in [0.29, 0.717) is 58.0 Å². The molecule has 16 fully saturated rings. The smallest absolute Gasteiger partial charge is 0.352 e. The maximum Gasteiger partial charge on any atom is 0.352 e. The Labute approximate surface area is 893 Å². The van der Waals surface area contributed by atoms with Gasteiger partial charge in [0.2, 0.25) is 36.6 Å². The third-order valence-corrected chi connectivity index (χ3v) is 28.0. The van der Waals surface area contributed by atoms with E-state index in [2.05, 4.69) is 0 Å². The lowest BCUT2D eigenvalue weighted by Crippen LogP contribution is -2.41. The zero-order chi connectivity index (χ0) is 101. The van der Waals surface area contributed by atoms with Crippen LogP contribution in [0.2, 0.25) is 0 Å². The zero-order valence-corrected chi connectivity index (χ0v) is 82.3. The molecule has 42 heteroatoms. The van der Waals surface area contributed by atoms with Gasteiger partial charge in [-0.15, -0.1) is 0 Å².